The van der Waals surface area contributed by atoms with Crippen LogP contribution in [0.15, 0.2) is 16.8 Å². The molecular formula is C13H21NOS. The van der Waals surface area contributed by atoms with Crippen molar-refractivity contribution in [2.24, 2.45) is 0 Å². The second-order valence-corrected chi connectivity index (χ2v) is 4.74. The zero-order valence-electron chi connectivity index (χ0n) is 10.2. The van der Waals surface area contributed by atoms with E-state index in [4.69, 9.17) is 0 Å². The zero-order chi connectivity index (χ0) is 11.8. The zero-order valence-corrected chi connectivity index (χ0v) is 11.1. The van der Waals surface area contributed by atoms with Crippen LogP contribution in [0, 0.1) is 0 Å². The van der Waals surface area contributed by atoms with Gasteiger partial charge in [-0.05, 0) is 42.2 Å². The van der Waals surface area contributed by atoms with E-state index in [1.54, 1.807) is 11.3 Å². The smallest absolute Gasteiger partial charge is 0.222 e. The van der Waals surface area contributed by atoms with Gasteiger partial charge in [-0.25, -0.2) is 0 Å². The first-order valence-electron chi connectivity index (χ1n) is 6.06. The third kappa shape index (κ3) is 4.35. The Balaban J connectivity index is 2.31. The van der Waals surface area contributed by atoms with Gasteiger partial charge in [0.1, 0.15) is 0 Å². The number of hydrogen-bond acceptors (Lipinski definition) is 2. The largest absolute Gasteiger partial charge is 0.343 e. The molecule has 0 saturated heterocycles. The normalized spacial score (nSPS) is 10.4. The molecule has 16 heavy (non-hydrogen) atoms. The van der Waals surface area contributed by atoms with Gasteiger partial charge in [-0.2, -0.15) is 11.3 Å². The highest BCUT2D eigenvalue weighted by atomic mass is 32.1. The molecule has 1 heterocycles. The summed E-state index contributed by atoms with van der Waals surface area (Å²) in [4.78, 5) is 13.9. The number of carbonyl (C=O) groups is 1. The highest BCUT2D eigenvalue weighted by Gasteiger charge is 2.10. The fraction of sp³-hybridized carbons (Fsp3) is 0.615. The molecule has 1 amide bonds. The van der Waals surface area contributed by atoms with Gasteiger partial charge in [0, 0.05) is 19.5 Å². The van der Waals surface area contributed by atoms with Crippen molar-refractivity contribution in [3.8, 4) is 0 Å². The molecule has 0 aliphatic heterocycles. The second kappa shape index (κ2) is 7.44. The number of unbranched alkanes of at least 4 members (excludes halogenated alkanes) is 1. The van der Waals surface area contributed by atoms with Gasteiger partial charge in [0.25, 0.3) is 0 Å². The maximum Gasteiger partial charge on any atom is 0.222 e. The Hall–Kier alpha value is -0.830. The molecule has 1 rings (SSSR count). The third-order valence-corrected chi connectivity index (χ3v) is 3.46. The molecule has 3 heteroatoms. The molecule has 90 valence electrons. The van der Waals surface area contributed by atoms with E-state index in [1.807, 2.05) is 4.90 Å². The van der Waals surface area contributed by atoms with Crippen LogP contribution in [0.4, 0.5) is 0 Å². The highest BCUT2D eigenvalue weighted by Crippen LogP contribution is 2.09. The average Bonchev–Trinajstić information content (AvgIpc) is 2.80. The van der Waals surface area contributed by atoms with Crippen LogP contribution in [-0.4, -0.2) is 23.9 Å². The van der Waals surface area contributed by atoms with E-state index < -0.39 is 0 Å². The summed E-state index contributed by atoms with van der Waals surface area (Å²) >= 11 is 1.69. The van der Waals surface area contributed by atoms with Crippen LogP contribution in [0.3, 0.4) is 0 Å². The van der Waals surface area contributed by atoms with Crippen LogP contribution in [0.5, 0.6) is 0 Å². The van der Waals surface area contributed by atoms with Crippen molar-refractivity contribution < 1.29 is 4.79 Å². The van der Waals surface area contributed by atoms with Crippen molar-refractivity contribution in [3.63, 3.8) is 0 Å². The summed E-state index contributed by atoms with van der Waals surface area (Å²) in [6.07, 6.45) is 3.78. The third-order valence-electron chi connectivity index (χ3n) is 2.72. The van der Waals surface area contributed by atoms with Crippen LogP contribution in [0.1, 0.15) is 38.7 Å². The molecule has 0 atom stereocenters. The maximum atomic E-state index is 11.9. The van der Waals surface area contributed by atoms with Gasteiger partial charge in [-0.3, -0.25) is 4.79 Å². The number of aryl methyl sites for hydroxylation is 1. The van der Waals surface area contributed by atoms with Crippen molar-refractivity contribution in [1.29, 1.82) is 0 Å². The van der Waals surface area contributed by atoms with E-state index >= 15 is 0 Å². The molecule has 0 unspecified atom stereocenters. The lowest BCUT2D eigenvalue weighted by Gasteiger charge is -2.20. The Morgan fingerprint density at radius 3 is 2.81 bits per heavy atom. The number of nitrogens with zero attached hydrogens (tertiary/aromatic N) is 1. The average molecular weight is 239 g/mol. The summed E-state index contributed by atoms with van der Waals surface area (Å²) in [6, 6.07) is 2.10. The summed E-state index contributed by atoms with van der Waals surface area (Å²) < 4.78 is 0. The molecule has 1 aromatic heterocycles. The first-order valence-corrected chi connectivity index (χ1v) is 7.01. The minimum Gasteiger partial charge on any atom is -0.343 e. The van der Waals surface area contributed by atoms with Crippen LogP contribution in [0.25, 0.3) is 0 Å². The minimum absolute atomic E-state index is 0.294. The van der Waals surface area contributed by atoms with Gasteiger partial charge in [-0.1, -0.05) is 13.3 Å². The second-order valence-electron chi connectivity index (χ2n) is 3.96. The van der Waals surface area contributed by atoms with Gasteiger partial charge in [-0.15, -0.1) is 0 Å². The van der Waals surface area contributed by atoms with Gasteiger partial charge in [0.15, 0.2) is 0 Å². The van der Waals surface area contributed by atoms with Crippen molar-refractivity contribution in [1.82, 2.24) is 4.90 Å². The van der Waals surface area contributed by atoms with Gasteiger partial charge >= 0.3 is 0 Å². The fourth-order valence-corrected chi connectivity index (χ4v) is 2.36. The quantitative estimate of drug-likeness (QED) is 0.714. The predicted octanol–water partition coefficient (Wildman–Crippen LogP) is 3.33. The number of hydrogen-bond donors (Lipinski definition) is 0. The van der Waals surface area contributed by atoms with E-state index in [1.165, 1.54) is 5.56 Å². The SMILES string of the molecule is CCCCN(CC)C(=O)CCc1ccsc1. The molecule has 0 fully saturated rings. The van der Waals surface area contributed by atoms with Crippen LogP contribution >= 0.6 is 11.3 Å². The van der Waals surface area contributed by atoms with E-state index in [0.29, 0.717) is 12.3 Å². The number of amides is 1. The van der Waals surface area contributed by atoms with Crippen molar-refractivity contribution >= 4 is 17.2 Å². The van der Waals surface area contributed by atoms with Crippen molar-refractivity contribution in [3.05, 3.63) is 22.4 Å². The van der Waals surface area contributed by atoms with Crippen LogP contribution < -0.4 is 0 Å². The Morgan fingerprint density at radius 2 is 2.25 bits per heavy atom. The molecular weight excluding hydrogens is 218 g/mol. The Kier molecular flexibility index (Phi) is 6.16. The van der Waals surface area contributed by atoms with Gasteiger partial charge in [0.2, 0.25) is 5.91 Å². The predicted molar refractivity (Wildman–Crippen MR) is 69.8 cm³/mol. The molecule has 0 aliphatic carbocycles. The molecule has 0 saturated carbocycles. The van der Waals surface area contributed by atoms with Gasteiger partial charge in [0.05, 0.1) is 0 Å². The Morgan fingerprint density at radius 1 is 1.44 bits per heavy atom. The van der Waals surface area contributed by atoms with E-state index in [9.17, 15) is 4.79 Å². The number of thiophene rings is 1. The Labute approximate surface area is 102 Å². The van der Waals surface area contributed by atoms with Crippen molar-refractivity contribution in [2.75, 3.05) is 13.1 Å². The number of rotatable bonds is 7. The van der Waals surface area contributed by atoms with Crippen LogP contribution in [0.2, 0.25) is 0 Å². The lowest BCUT2D eigenvalue weighted by molar-refractivity contribution is -0.131. The van der Waals surface area contributed by atoms with Crippen molar-refractivity contribution in [2.45, 2.75) is 39.5 Å². The maximum absolute atomic E-state index is 11.9. The van der Waals surface area contributed by atoms with Crippen LogP contribution in [-0.2, 0) is 11.2 Å². The molecule has 0 bridgehead atoms. The Bertz CT molecular complexity index is 295. The monoisotopic (exact) mass is 239 g/mol. The molecule has 0 radical (unpaired) electrons. The van der Waals surface area contributed by atoms with E-state index in [0.717, 1.165) is 32.4 Å². The summed E-state index contributed by atoms with van der Waals surface area (Å²) in [7, 11) is 0. The lowest BCUT2D eigenvalue weighted by Crippen LogP contribution is -2.31. The summed E-state index contributed by atoms with van der Waals surface area (Å²) in [5.41, 5.74) is 1.28. The molecule has 0 N–H and O–H groups in total. The lowest BCUT2D eigenvalue weighted by atomic mass is 10.1. The summed E-state index contributed by atoms with van der Waals surface area (Å²) in [6.45, 7) is 5.96. The fourth-order valence-electron chi connectivity index (χ4n) is 1.65. The topological polar surface area (TPSA) is 20.3 Å². The standard InChI is InChI=1S/C13H21NOS/c1-3-5-9-14(4-2)13(15)7-6-12-8-10-16-11-12/h8,10-11H,3-7,9H2,1-2H3. The first-order chi connectivity index (χ1) is 7.77. The first kappa shape index (κ1) is 13.2. The van der Waals surface area contributed by atoms with E-state index in [2.05, 4.69) is 30.7 Å². The molecule has 0 aromatic carbocycles. The summed E-state index contributed by atoms with van der Waals surface area (Å²) in [5.74, 6) is 0.294. The molecule has 0 aliphatic rings. The van der Waals surface area contributed by atoms with Gasteiger partial charge < -0.3 is 4.90 Å². The summed E-state index contributed by atoms with van der Waals surface area (Å²) in [5, 5.41) is 4.18. The minimum atomic E-state index is 0.294. The number of carbonyl (C=O) groups excluding carboxylic acids is 1. The van der Waals surface area contributed by atoms with E-state index in [-0.39, 0.29) is 0 Å². The molecule has 0 spiro atoms. The molecule has 1 aromatic rings. The molecule has 2 nitrogen and oxygen atoms in total. The highest BCUT2D eigenvalue weighted by molar-refractivity contribution is 7.07.